The minimum Gasteiger partial charge on any atom is -0.459 e. The van der Waals surface area contributed by atoms with Gasteiger partial charge in [0.25, 0.3) is 0 Å². The number of rotatable bonds is 3. The first-order valence-corrected chi connectivity index (χ1v) is 4.07. The highest BCUT2D eigenvalue weighted by molar-refractivity contribution is 5.82. The molecule has 0 bridgehead atoms. The van der Waals surface area contributed by atoms with Gasteiger partial charge in [0.2, 0.25) is 0 Å². The maximum atomic E-state index is 10.9. The summed E-state index contributed by atoms with van der Waals surface area (Å²) >= 11 is 0. The third-order valence-electron chi connectivity index (χ3n) is 1.42. The molecule has 2 nitrogen and oxygen atoms in total. The minimum absolute atomic E-state index is 0.193. The molecule has 0 spiro atoms. The summed E-state index contributed by atoms with van der Waals surface area (Å²) < 4.78 is 4.99. The van der Waals surface area contributed by atoms with Crippen LogP contribution in [0.5, 0.6) is 0 Å². The van der Waals surface area contributed by atoms with Crippen LogP contribution in [0.15, 0.2) is 12.2 Å². The zero-order chi connectivity index (χ0) is 8.27. The first-order chi connectivity index (χ1) is 5.18. The van der Waals surface area contributed by atoms with Gasteiger partial charge in [0.05, 0.1) is 0 Å². The van der Waals surface area contributed by atoms with Crippen molar-refractivity contribution in [3.63, 3.8) is 0 Å². The summed E-state index contributed by atoms with van der Waals surface area (Å²) in [6.45, 7) is 4.06. The van der Waals surface area contributed by atoms with E-state index < -0.39 is 0 Å². The number of allylic oxidation sites excluding steroid dienone is 1. The summed E-state index contributed by atoms with van der Waals surface area (Å²) in [6.07, 6.45) is 5.68. The molecule has 1 rings (SSSR count). The lowest BCUT2D eigenvalue weighted by Crippen LogP contribution is -2.02. The number of hydrogen-bond acceptors (Lipinski definition) is 2. The van der Waals surface area contributed by atoms with Crippen LogP contribution in [0.4, 0.5) is 0 Å². The van der Waals surface area contributed by atoms with Crippen molar-refractivity contribution in [1.82, 2.24) is 0 Å². The molecular weight excluding hydrogens is 140 g/mol. The Labute approximate surface area is 67.2 Å². The molecule has 2 heteroatoms. The minimum atomic E-state index is -0.193. The fourth-order valence-electron chi connectivity index (χ4n) is 0.660. The zero-order valence-corrected chi connectivity index (χ0v) is 7.04. The highest BCUT2D eigenvalue weighted by Gasteiger charge is 2.24. The van der Waals surface area contributed by atoms with Crippen molar-refractivity contribution in [2.24, 2.45) is 5.92 Å². The van der Waals surface area contributed by atoms with Crippen LogP contribution >= 0.6 is 0 Å². The lowest BCUT2D eigenvalue weighted by molar-refractivity contribution is -0.138. The third-order valence-corrected chi connectivity index (χ3v) is 1.42. The second kappa shape index (κ2) is 3.56. The van der Waals surface area contributed by atoms with Gasteiger partial charge in [-0.05, 0) is 18.8 Å². The Balaban J connectivity index is 2.18. The van der Waals surface area contributed by atoms with Crippen molar-refractivity contribution in [3.05, 3.63) is 12.2 Å². The molecular formula is C9H14O2. The molecule has 0 amide bonds. The van der Waals surface area contributed by atoms with Crippen molar-refractivity contribution in [2.75, 3.05) is 0 Å². The van der Waals surface area contributed by atoms with Gasteiger partial charge < -0.3 is 4.74 Å². The van der Waals surface area contributed by atoms with Crippen LogP contribution in [0, 0.1) is 5.92 Å². The number of hydrogen-bond donors (Lipinski definition) is 0. The van der Waals surface area contributed by atoms with Gasteiger partial charge in [-0.25, -0.2) is 4.79 Å². The van der Waals surface area contributed by atoms with Crippen LogP contribution in [-0.4, -0.2) is 12.1 Å². The number of carbonyl (C=O) groups excluding carboxylic acids is 1. The summed E-state index contributed by atoms with van der Waals surface area (Å²) in [5.74, 6) is 0.225. The quantitative estimate of drug-likeness (QED) is 0.458. The van der Waals surface area contributed by atoms with Crippen LogP contribution in [0.3, 0.4) is 0 Å². The van der Waals surface area contributed by atoms with Gasteiger partial charge in [-0.3, -0.25) is 0 Å². The highest BCUT2D eigenvalue weighted by atomic mass is 16.5. The van der Waals surface area contributed by atoms with E-state index in [0.717, 1.165) is 12.8 Å². The molecule has 0 atom stereocenters. The second-order valence-electron chi connectivity index (χ2n) is 3.24. The first-order valence-electron chi connectivity index (χ1n) is 4.07. The average Bonchev–Trinajstić information content (AvgIpc) is 2.67. The van der Waals surface area contributed by atoms with E-state index in [0.29, 0.717) is 5.92 Å². The standard InChI is InChI=1S/C9H14O2/c1-7(2)3-6-9(10)11-8-4-5-8/h3,6-8H,4-5H2,1-2H3. The Morgan fingerprint density at radius 2 is 2.18 bits per heavy atom. The molecule has 0 saturated heterocycles. The molecule has 62 valence electrons. The Hall–Kier alpha value is -0.790. The molecule has 1 aliphatic rings. The molecule has 0 aromatic heterocycles. The van der Waals surface area contributed by atoms with E-state index >= 15 is 0 Å². The van der Waals surface area contributed by atoms with Crippen molar-refractivity contribution >= 4 is 5.97 Å². The molecule has 1 fully saturated rings. The SMILES string of the molecule is CC(C)C=CC(=O)OC1CC1. The number of esters is 1. The smallest absolute Gasteiger partial charge is 0.330 e. The highest BCUT2D eigenvalue weighted by Crippen LogP contribution is 2.23. The number of carbonyl (C=O) groups is 1. The van der Waals surface area contributed by atoms with Crippen molar-refractivity contribution in [3.8, 4) is 0 Å². The summed E-state index contributed by atoms with van der Waals surface area (Å²) in [4.78, 5) is 10.9. The summed E-state index contributed by atoms with van der Waals surface area (Å²) in [6, 6.07) is 0. The Morgan fingerprint density at radius 1 is 1.55 bits per heavy atom. The topological polar surface area (TPSA) is 26.3 Å². The Bertz CT molecular complexity index is 166. The predicted molar refractivity (Wildman–Crippen MR) is 43.1 cm³/mol. The van der Waals surface area contributed by atoms with Crippen molar-refractivity contribution in [2.45, 2.75) is 32.8 Å². The monoisotopic (exact) mass is 154 g/mol. The number of ether oxygens (including phenoxy) is 1. The molecule has 0 unspecified atom stereocenters. The lowest BCUT2D eigenvalue weighted by atomic mass is 10.2. The van der Waals surface area contributed by atoms with E-state index in [1.165, 1.54) is 6.08 Å². The van der Waals surface area contributed by atoms with Crippen LogP contribution in [0.2, 0.25) is 0 Å². The molecule has 0 aromatic rings. The molecule has 0 aliphatic heterocycles. The van der Waals surface area contributed by atoms with E-state index in [-0.39, 0.29) is 12.1 Å². The molecule has 0 aromatic carbocycles. The molecule has 0 N–H and O–H groups in total. The van der Waals surface area contributed by atoms with Gasteiger partial charge in [-0.1, -0.05) is 19.9 Å². The predicted octanol–water partition coefficient (Wildman–Crippen LogP) is 1.90. The van der Waals surface area contributed by atoms with Crippen LogP contribution < -0.4 is 0 Å². The van der Waals surface area contributed by atoms with E-state index in [1.807, 2.05) is 19.9 Å². The van der Waals surface area contributed by atoms with E-state index in [9.17, 15) is 4.79 Å². The normalized spacial score (nSPS) is 17.7. The fourth-order valence-corrected chi connectivity index (χ4v) is 0.660. The molecule has 1 aliphatic carbocycles. The summed E-state index contributed by atoms with van der Waals surface area (Å²) in [5.41, 5.74) is 0. The molecule has 11 heavy (non-hydrogen) atoms. The Kier molecular flexibility index (Phi) is 2.69. The molecule has 0 heterocycles. The molecule has 1 saturated carbocycles. The average molecular weight is 154 g/mol. The lowest BCUT2D eigenvalue weighted by Gasteiger charge is -1.97. The van der Waals surface area contributed by atoms with E-state index in [1.54, 1.807) is 0 Å². The maximum absolute atomic E-state index is 10.9. The van der Waals surface area contributed by atoms with Gasteiger partial charge in [0, 0.05) is 6.08 Å². The van der Waals surface area contributed by atoms with Gasteiger partial charge in [-0.15, -0.1) is 0 Å². The third kappa shape index (κ3) is 3.81. The fraction of sp³-hybridized carbons (Fsp3) is 0.667. The van der Waals surface area contributed by atoms with Gasteiger partial charge >= 0.3 is 5.97 Å². The zero-order valence-electron chi connectivity index (χ0n) is 7.04. The first kappa shape index (κ1) is 8.31. The van der Waals surface area contributed by atoms with Gasteiger partial charge in [0.1, 0.15) is 6.10 Å². The largest absolute Gasteiger partial charge is 0.459 e. The Morgan fingerprint density at radius 3 is 2.64 bits per heavy atom. The van der Waals surface area contributed by atoms with Crippen LogP contribution in [0.1, 0.15) is 26.7 Å². The van der Waals surface area contributed by atoms with Crippen LogP contribution in [-0.2, 0) is 9.53 Å². The van der Waals surface area contributed by atoms with E-state index in [4.69, 9.17) is 4.74 Å². The summed E-state index contributed by atoms with van der Waals surface area (Å²) in [5, 5.41) is 0. The van der Waals surface area contributed by atoms with E-state index in [2.05, 4.69) is 0 Å². The van der Waals surface area contributed by atoms with Crippen LogP contribution in [0.25, 0.3) is 0 Å². The maximum Gasteiger partial charge on any atom is 0.330 e. The van der Waals surface area contributed by atoms with Crippen molar-refractivity contribution in [1.29, 1.82) is 0 Å². The van der Waals surface area contributed by atoms with Crippen molar-refractivity contribution < 1.29 is 9.53 Å². The van der Waals surface area contributed by atoms with Gasteiger partial charge in [0.15, 0.2) is 0 Å². The second-order valence-corrected chi connectivity index (χ2v) is 3.24. The van der Waals surface area contributed by atoms with Gasteiger partial charge in [-0.2, -0.15) is 0 Å². The molecule has 0 radical (unpaired) electrons. The summed E-state index contributed by atoms with van der Waals surface area (Å²) in [7, 11) is 0.